The number of amides is 2. The molecule has 0 aromatic heterocycles. The Kier molecular flexibility index (Phi) is 7.67. The van der Waals surface area contributed by atoms with Crippen LogP contribution in [0.25, 0.3) is 0 Å². The summed E-state index contributed by atoms with van der Waals surface area (Å²) < 4.78 is 22.3. The van der Waals surface area contributed by atoms with Crippen LogP contribution in [0.3, 0.4) is 0 Å². The van der Waals surface area contributed by atoms with Gasteiger partial charge >= 0.3 is 0 Å². The van der Waals surface area contributed by atoms with Crippen LogP contribution in [0.4, 0.5) is 5.69 Å². The zero-order valence-electron chi connectivity index (χ0n) is 21.9. The third-order valence-corrected chi connectivity index (χ3v) is 6.78. The Morgan fingerprint density at radius 1 is 0.795 bits per heavy atom. The molecule has 39 heavy (non-hydrogen) atoms. The molecular formula is C31H31NO7. The van der Waals surface area contributed by atoms with Crippen molar-refractivity contribution in [1.82, 2.24) is 0 Å². The number of hydrogen-bond donors (Lipinski definition) is 1. The average Bonchev–Trinajstić information content (AvgIpc) is 3.73. The fourth-order valence-corrected chi connectivity index (χ4v) is 4.23. The number of hydrogen-bond acceptors (Lipinski definition) is 7. The quantitative estimate of drug-likeness (QED) is 0.279. The molecule has 202 valence electrons. The minimum Gasteiger partial charge on any atom is -0.491 e. The molecule has 0 spiro atoms. The lowest BCUT2D eigenvalue weighted by Gasteiger charge is -2.26. The molecule has 3 aromatic rings. The van der Waals surface area contributed by atoms with Crippen molar-refractivity contribution < 1.29 is 33.6 Å². The van der Waals surface area contributed by atoms with Gasteiger partial charge in [-0.25, -0.2) is 4.90 Å². The number of ether oxygens (including phenoxy) is 4. The first-order chi connectivity index (χ1) is 18.8. The Hall–Kier alpha value is -4.14. The number of anilines is 1. The van der Waals surface area contributed by atoms with E-state index in [1.807, 2.05) is 36.4 Å². The first-order valence-electron chi connectivity index (χ1n) is 12.8. The summed E-state index contributed by atoms with van der Waals surface area (Å²) in [6, 6.07) is 22.5. The van der Waals surface area contributed by atoms with E-state index in [-0.39, 0.29) is 36.5 Å². The number of carbonyl (C=O) groups excluding carboxylic acids is 2. The van der Waals surface area contributed by atoms with Gasteiger partial charge in [0, 0.05) is 17.6 Å². The van der Waals surface area contributed by atoms with Crippen molar-refractivity contribution >= 4 is 17.5 Å². The van der Waals surface area contributed by atoms with E-state index < -0.39 is 6.10 Å². The SMILES string of the molecule is CC(C)(c1ccc(OCC(O)COc2ccc(N3C(=O)C=CC3=O)cc2)cc1)c1ccc(OCC2CO2)cc1. The van der Waals surface area contributed by atoms with Gasteiger partial charge in [-0.15, -0.1) is 0 Å². The number of carbonyl (C=O) groups is 2. The molecule has 2 amide bonds. The van der Waals surface area contributed by atoms with Gasteiger partial charge in [0.1, 0.15) is 49.3 Å². The van der Waals surface area contributed by atoms with Crippen molar-refractivity contribution in [2.24, 2.45) is 0 Å². The molecule has 0 bridgehead atoms. The van der Waals surface area contributed by atoms with Gasteiger partial charge in [-0.3, -0.25) is 9.59 Å². The van der Waals surface area contributed by atoms with Crippen LogP contribution in [0.15, 0.2) is 84.9 Å². The fraction of sp³-hybridized carbons (Fsp3) is 0.290. The van der Waals surface area contributed by atoms with Crippen LogP contribution in [0.2, 0.25) is 0 Å². The Labute approximate surface area is 227 Å². The normalized spacial score (nSPS) is 17.3. The fourth-order valence-electron chi connectivity index (χ4n) is 4.23. The minimum atomic E-state index is -0.848. The van der Waals surface area contributed by atoms with Crippen molar-refractivity contribution in [3.05, 3.63) is 96.1 Å². The highest BCUT2D eigenvalue weighted by atomic mass is 16.6. The highest BCUT2D eigenvalue weighted by molar-refractivity contribution is 6.28. The first-order valence-corrected chi connectivity index (χ1v) is 12.8. The molecule has 3 aromatic carbocycles. The molecular weight excluding hydrogens is 498 g/mol. The Morgan fingerprint density at radius 2 is 1.23 bits per heavy atom. The molecule has 0 aliphatic carbocycles. The van der Waals surface area contributed by atoms with Crippen LogP contribution < -0.4 is 19.1 Å². The van der Waals surface area contributed by atoms with Crippen molar-refractivity contribution in [3.8, 4) is 17.2 Å². The van der Waals surface area contributed by atoms with Gasteiger partial charge in [-0.05, 0) is 59.7 Å². The molecule has 2 atom stereocenters. The smallest absolute Gasteiger partial charge is 0.258 e. The summed E-state index contributed by atoms with van der Waals surface area (Å²) in [5.41, 5.74) is 2.55. The van der Waals surface area contributed by atoms with Crippen molar-refractivity contribution in [3.63, 3.8) is 0 Å². The largest absolute Gasteiger partial charge is 0.491 e. The topological polar surface area (TPSA) is 97.8 Å². The molecule has 8 nitrogen and oxygen atoms in total. The van der Waals surface area contributed by atoms with Crippen molar-refractivity contribution in [2.45, 2.75) is 31.5 Å². The second-order valence-corrected chi connectivity index (χ2v) is 10.1. The Balaban J connectivity index is 1.08. The maximum Gasteiger partial charge on any atom is 0.258 e. The Bertz CT molecular complexity index is 1310. The van der Waals surface area contributed by atoms with E-state index >= 15 is 0 Å². The van der Waals surface area contributed by atoms with Gasteiger partial charge in [0.15, 0.2) is 0 Å². The molecule has 8 heteroatoms. The van der Waals surface area contributed by atoms with Crippen LogP contribution in [-0.2, 0) is 19.7 Å². The van der Waals surface area contributed by atoms with Crippen LogP contribution in [0, 0.1) is 0 Å². The highest BCUT2D eigenvalue weighted by Gasteiger charge is 2.26. The zero-order valence-corrected chi connectivity index (χ0v) is 21.9. The molecule has 1 fully saturated rings. The molecule has 5 rings (SSSR count). The van der Waals surface area contributed by atoms with Crippen LogP contribution in [0.5, 0.6) is 17.2 Å². The van der Waals surface area contributed by atoms with Gasteiger partial charge in [0.25, 0.3) is 11.8 Å². The summed E-state index contributed by atoms with van der Waals surface area (Å²) in [5, 5.41) is 10.3. The lowest BCUT2D eigenvalue weighted by Crippen LogP contribution is -2.29. The number of benzene rings is 3. The van der Waals surface area contributed by atoms with Gasteiger partial charge in [-0.1, -0.05) is 38.1 Å². The highest BCUT2D eigenvalue weighted by Crippen LogP contribution is 2.33. The lowest BCUT2D eigenvalue weighted by molar-refractivity contribution is -0.119. The standard InChI is InChI=1S/C31H31NO7/c1-31(2,22-5-11-26(12-6-22)38-19-28-20-39-28)21-3-9-25(10-4-21)36-17-24(33)18-37-27-13-7-23(8-14-27)32-29(34)15-16-30(32)35/h3-16,24,28,33H,17-20H2,1-2H3. The van der Waals surface area contributed by atoms with Crippen LogP contribution in [0.1, 0.15) is 25.0 Å². The predicted molar refractivity (Wildman–Crippen MR) is 145 cm³/mol. The molecule has 2 aliphatic heterocycles. The van der Waals surface area contributed by atoms with E-state index in [4.69, 9.17) is 18.9 Å². The molecule has 1 saturated heterocycles. The lowest BCUT2D eigenvalue weighted by atomic mass is 9.78. The maximum absolute atomic E-state index is 11.8. The number of imide groups is 1. The van der Waals surface area contributed by atoms with E-state index in [1.165, 1.54) is 17.7 Å². The van der Waals surface area contributed by atoms with Crippen molar-refractivity contribution in [1.29, 1.82) is 0 Å². The number of nitrogens with zero attached hydrogens (tertiary/aromatic N) is 1. The van der Waals surface area contributed by atoms with Gasteiger partial charge in [0.2, 0.25) is 0 Å². The molecule has 1 N–H and O–H groups in total. The number of rotatable bonds is 12. The monoisotopic (exact) mass is 529 g/mol. The average molecular weight is 530 g/mol. The molecule has 2 unspecified atom stereocenters. The van der Waals surface area contributed by atoms with E-state index in [0.717, 1.165) is 22.8 Å². The second kappa shape index (κ2) is 11.3. The summed E-state index contributed by atoms with van der Waals surface area (Å²) in [7, 11) is 0. The zero-order chi connectivity index (χ0) is 27.4. The number of aliphatic hydroxyl groups is 1. The summed E-state index contributed by atoms with van der Waals surface area (Å²) >= 11 is 0. The second-order valence-electron chi connectivity index (χ2n) is 10.1. The Morgan fingerprint density at radius 3 is 1.69 bits per heavy atom. The molecule has 0 saturated carbocycles. The molecule has 0 radical (unpaired) electrons. The third kappa shape index (κ3) is 6.47. The molecule has 2 heterocycles. The van der Waals surface area contributed by atoms with Crippen LogP contribution >= 0.6 is 0 Å². The summed E-state index contributed by atoms with van der Waals surface area (Å²) in [4.78, 5) is 24.7. The summed E-state index contributed by atoms with van der Waals surface area (Å²) in [6.07, 6.45) is 1.85. The van der Waals surface area contributed by atoms with E-state index in [1.54, 1.807) is 24.3 Å². The van der Waals surface area contributed by atoms with E-state index in [2.05, 4.69) is 26.0 Å². The summed E-state index contributed by atoms with van der Waals surface area (Å²) in [6.45, 7) is 5.79. The van der Waals surface area contributed by atoms with E-state index in [0.29, 0.717) is 23.8 Å². The van der Waals surface area contributed by atoms with Gasteiger partial charge in [0.05, 0.1) is 12.3 Å². The van der Waals surface area contributed by atoms with Crippen LogP contribution in [-0.4, -0.2) is 55.6 Å². The minimum absolute atomic E-state index is 0.0288. The van der Waals surface area contributed by atoms with Crippen molar-refractivity contribution in [2.75, 3.05) is 31.3 Å². The first kappa shape index (κ1) is 26.5. The van der Waals surface area contributed by atoms with E-state index in [9.17, 15) is 14.7 Å². The number of aliphatic hydroxyl groups excluding tert-OH is 1. The number of epoxide rings is 1. The maximum atomic E-state index is 11.8. The van der Waals surface area contributed by atoms with Gasteiger partial charge in [-0.2, -0.15) is 0 Å². The predicted octanol–water partition coefficient (Wildman–Crippen LogP) is 4.04. The third-order valence-electron chi connectivity index (χ3n) is 6.78. The molecule has 2 aliphatic rings. The summed E-state index contributed by atoms with van der Waals surface area (Å²) in [5.74, 6) is 1.24. The van der Waals surface area contributed by atoms with Gasteiger partial charge < -0.3 is 24.1 Å².